The topological polar surface area (TPSA) is 57.7 Å². The first-order chi connectivity index (χ1) is 13.6. The third kappa shape index (κ3) is 4.43. The molecule has 1 aliphatic rings. The summed E-state index contributed by atoms with van der Waals surface area (Å²) in [7, 11) is 2.15. The number of aryl methyl sites for hydroxylation is 1. The lowest BCUT2D eigenvalue weighted by molar-refractivity contribution is -0.118. The van der Waals surface area contributed by atoms with E-state index in [1.165, 1.54) is 0 Å². The summed E-state index contributed by atoms with van der Waals surface area (Å²) in [5, 5.41) is 3.96. The Kier molecular flexibility index (Phi) is 5.45. The number of carbonyl (C=O) groups excluding carboxylic acids is 1. The Bertz CT molecular complexity index is 962. The van der Waals surface area contributed by atoms with Crippen LogP contribution >= 0.6 is 11.3 Å². The van der Waals surface area contributed by atoms with Crippen LogP contribution in [0.4, 0.5) is 10.8 Å². The van der Waals surface area contributed by atoms with Crippen LogP contribution in [0.25, 0.3) is 10.2 Å². The van der Waals surface area contributed by atoms with Crippen LogP contribution in [-0.4, -0.2) is 55.6 Å². The predicted molar refractivity (Wildman–Crippen MR) is 115 cm³/mol. The fourth-order valence-corrected chi connectivity index (χ4v) is 4.16. The van der Waals surface area contributed by atoms with Gasteiger partial charge >= 0.3 is 0 Å². The number of hydrogen-bond acceptors (Lipinski definition) is 6. The number of amides is 1. The standard InChI is InChI=1S/C21H24N4O2S/c1-15-3-6-17(7-4-15)27-14-20(26)22-16-5-8-18-19(13-16)28-21(23-18)25-11-9-24(2)10-12-25/h3-8,13H,9-12,14H2,1-2H3,(H,22,26). The Labute approximate surface area is 168 Å². The van der Waals surface area contributed by atoms with Crippen molar-refractivity contribution < 1.29 is 9.53 Å². The van der Waals surface area contributed by atoms with Gasteiger partial charge in [-0.15, -0.1) is 0 Å². The Morgan fingerprint density at radius 1 is 1.14 bits per heavy atom. The molecule has 0 atom stereocenters. The number of nitrogens with zero attached hydrogens (tertiary/aromatic N) is 3. The number of rotatable bonds is 5. The number of anilines is 2. The first kappa shape index (κ1) is 18.7. The lowest BCUT2D eigenvalue weighted by Crippen LogP contribution is -2.44. The quantitative estimate of drug-likeness (QED) is 0.717. The maximum Gasteiger partial charge on any atom is 0.262 e. The van der Waals surface area contributed by atoms with Crippen molar-refractivity contribution in [1.29, 1.82) is 0 Å². The highest BCUT2D eigenvalue weighted by atomic mass is 32.1. The minimum absolute atomic E-state index is 0.0175. The molecule has 1 aliphatic heterocycles. The number of fused-ring (bicyclic) bond motifs is 1. The summed E-state index contributed by atoms with van der Waals surface area (Å²) in [5.41, 5.74) is 2.89. The van der Waals surface area contributed by atoms with E-state index < -0.39 is 0 Å². The summed E-state index contributed by atoms with van der Waals surface area (Å²) in [6.07, 6.45) is 0. The van der Waals surface area contributed by atoms with E-state index in [0.29, 0.717) is 5.75 Å². The number of benzene rings is 2. The van der Waals surface area contributed by atoms with Gasteiger partial charge in [0.15, 0.2) is 11.7 Å². The van der Waals surface area contributed by atoms with E-state index in [1.54, 1.807) is 11.3 Å². The summed E-state index contributed by atoms with van der Waals surface area (Å²) in [5.74, 6) is 0.513. The Balaban J connectivity index is 1.38. The van der Waals surface area contributed by atoms with E-state index in [-0.39, 0.29) is 12.5 Å². The van der Waals surface area contributed by atoms with Gasteiger partial charge < -0.3 is 19.9 Å². The second-order valence-corrected chi connectivity index (χ2v) is 8.13. The molecule has 0 bridgehead atoms. The molecule has 28 heavy (non-hydrogen) atoms. The summed E-state index contributed by atoms with van der Waals surface area (Å²) < 4.78 is 6.62. The van der Waals surface area contributed by atoms with Crippen LogP contribution in [0.5, 0.6) is 5.75 Å². The van der Waals surface area contributed by atoms with E-state index in [0.717, 1.165) is 52.8 Å². The third-order valence-electron chi connectivity index (χ3n) is 4.83. The summed E-state index contributed by atoms with van der Waals surface area (Å²) in [4.78, 5) is 21.6. The zero-order valence-electron chi connectivity index (χ0n) is 16.1. The average molecular weight is 397 g/mol. The number of aromatic nitrogens is 1. The van der Waals surface area contributed by atoms with Crippen molar-refractivity contribution in [2.75, 3.05) is 50.1 Å². The maximum atomic E-state index is 12.2. The largest absolute Gasteiger partial charge is 0.484 e. The maximum absolute atomic E-state index is 12.2. The fraction of sp³-hybridized carbons (Fsp3) is 0.333. The van der Waals surface area contributed by atoms with E-state index in [1.807, 2.05) is 49.4 Å². The number of likely N-dealkylation sites (N-methyl/N-ethyl adjacent to an activating group) is 1. The van der Waals surface area contributed by atoms with Crippen LogP contribution in [0, 0.1) is 6.92 Å². The molecule has 0 radical (unpaired) electrons. The van der Waals surface area contributed by atoms with Crippen LogP contribution in [0.1, 0.15) is 5.56 Å². The average Bonchev–Trinajstić information content (AvgIpc) is 3.11. The fourth-order valence-electron chi connectivity index (χ4n) is 3.10. The van der Waals surface area contributed by atoms with Crippen molar-refractivity contribution in [3.8, 4) is 5.75 Å². The molecule has 6 nitrogen and oxygen atoms in total. The van der Waals surface area contributed by atoms with Crippen LogP contribution < -0.4 is 15.0 Å². The van der Waals surface area contributed by atoms with Gasteiger partial charge in [-0.2, -0.15) is 0 Å². The number of piperazine rings is 1. The lowest BCUT2D eigenvalue weighted by Gasteiger charge is -2.31. The number of ether oxygens (including phenoxy) is 1. The van der Waals surface area contributed by atoms with Gasteiger partial charge in [0.25, 0.3) is 5.91 Å². The van der Waals surface area contributed by atoms with Crippen LogP contribution in [0.3, 0.4) is 0 Å². The first-order valence-corrected chi connectivity index (χ1v) is 10.2. The third-order valence-corrected chi connectivity index (χ3v) is 5.90. The molecule has 2 aromatic carbocycles. The molecular weight excluding hydrogens is 372 g/mol. The molecule has 3 aromatic rings. The molecule has 1 amide bonds. The van der Waals surface area contributed by atoms with Gasteiger partial charge in [0.1, 0.15) is 5.75 Å². The highest BCUT2D eigenvalue weighted by Gasteiger charge is 2.17. The molecule has 4 rings (SSSR count). The molecule has 146 valence electrons. The van der Waals surface area contributed by atoms with Crippen LogP contribution in [-0.2, 0) is 4.79 Å². The number of thiazole rings is 1. The van der Waals surface area contributed by atoms with Crippen molar-refractivity contribution in [2.45, 2.75) is 6.92 Å². The predicted octanol–water partition coefficient (Wildman–Crippen LogP) is 3.37. The smallest absolute Gasteiger partial charge is 0.262 e. The zero-order chi connectivity index (χ0) is 19.5. The van der Waals surface area contributed by atoms with E-state index in [2.05, 4.69) is 22.2 Å². The molecule has 0 aliphatic carbocycles. The van der Waals surface area contributed by atoms with Crippen molar-refractivity contribution in [3.05, 3.63) is 48.0 Å². The Morgan fingerprint density at radius 3 is 2.64 bits per heavy atom. The minimum atomic E-state index is -0.177. The second kappa shape index (κ2) is 8.16. The van der Waals surface area contributed by atoms with E-state index in [4.69, 9.17) is 9.72 Å². The minimum Gasteiger partial charge on any atom is -0.484 e. The first-order valence-electron chi connectivity index (χ1n) is 9.40. The SMILES string of the molecule is Cc1ccc(OCC(=O)Nc2ccc3nc(N4CCN(C)CC4)sc3c2)cc1. The van der Waals surface area contributed by atoms with Gasteiger partial charge in [0, 0.05) is 31.9 Å². The molecule has 2 heterocycles. The molecule has 7 heteroatoms. The van der Waals surface area contributed by atoms with Crippen LogP contribution in [0.2, 0.25) is 0 Å². The van der Waals surface area contributed by atoms with Crippen LogP contribution in [0.15, 0.2) is 42.5 Å². The molecule has 0 saturated carbocycles. The molecule has 1 fully saturated rings. The monoisotopic (exact) mass is 396 g/mol. The van der Waals surface area contributed by atoms with E-state index in [9.17, 15) is 4.79 Å². The molecule has 1 N–H and O–H groups in total. The van der Waals surface area contributed by atoms with Gasteiger partial charge in [-0.1, -0.05) is 29.0 Å². The Morgan fingerprint density at radius 2 is 1.89 bits per heavy atom. The zero-order valence-corrected chi connectivity index (χ0v) is 17.0. The summed E-state index contributed by atoms with van der Waals surface area (Å²) in [6.45, 7) is 6.10. The van der Waals surface area contributed by atoms with Gasteiger partial charge in [0.2, 0.25) is 0 Å². The molecular formula is C21H24N4O2S. The Hall–Kier alpha value is -2.64. The molecule has 0 unspecified atom stereocenters. The molecule has 0 spiro atoms. The summed E-state index contributed by atoms with van der Waals surface area (Å²) in [6, 6.07) is 13.5. The number of hydrogen-bond donors (Lipinski definition) is 1. The highest BCUT2D eigenvalue weighted by molar-refractivity contribution is 7.22. The van der Waals surface area contributed by atoms with Crippen molar-refractivity contribution in [1.82, 2.24) is 9.88 Å². The van der Waals surface area contributed by atoms with Gasteiger partial charge in [-0.3, -0.25) is 4.79 Å². The molecule has 1 aromatic heterocycles. The highest BCUT2D eigenvalue weighted by Crippen LogP contribution is 2.31. The number of nitrogens with one attached hydrogen (secondary N) is 1. The van der Waals surface area contributed by atoms with Gasteiger partial charge in [0.05, 0.1) is 10.2 Å². The second-order valence-electron chi connectivity index (χ2n) is 7.12. The van der Waals surface area contributed by atoms with Gasteiger partial charge in [-0.05, 0) is 44.3 Å². The molecule has 1 saturated heterocycles. The normalized spacial score (nSPS) is 15.0. The van der Waals surface area contributed by atoms with Crippen molar-refractivity contribution in [3.63, 3.8) is 0 Å². The summed E-state index contributed by atoms with van der Waals surface area (Å²) >= 11 is 1.67. The van der Waals surface area contributed by atoms with Crippen molar-refractivity contribution in [2.24, 2.45) is 0 Å². The van der Waals surface area contributed by atoms with Gasteiger partial charge in [-0.25, -0.2) is 4.98 Å². The van der Waals surface area contributed by atoms with E-state index >= 15 is 0 Å². The number of carbonyl (C=O) groups is 1. The lowest BCUT2D eigenvalue weighted by atomic mass is 10.2. The van der Waals surface area contributed by atoms with Crippen molar-refractivity contribution >= 4 is 38.3 Å².